The van der Waals surface area contributed by atoms with Gasteiger partial charge in [-0.05, 0) is 42.7 Å². The Hall–Kier alpha value is -3.21. The summed E-state index contributed by atoms with van der Waals surface area (Å²) in [6.07, 6.45) is 4.22. The van der Waals surface area contributed by atoms with Crippen LogP contribution in [0, 0.1) is 10.1 Å². The highest BCUT2D eigenvalue weighted by Gasteiger charge is 2.28. The summed E-state index contributed by atoms with van der Waals surface area (Å²) in [4.78, 5) is 26.9. The zero-order chi connectivity index (χ0) is 24.3. The Kier molecular flexibility index (Phi) is 9.62. The van der Waals surface area contributed by atoms with E-state index in [4.69, 9.17) is 26.2 Å². The van der Waals surface area contributed by atoms with E-state index in [0.29, 0.717) is 43.3 Å². The van der Waals surface area contributed by atoms with Gasteiger partial charge in [0.05, 0.1) is 11.5 Å². The van der Waals surface area contributed by atoms with Crippen LogP contribution in [0.4, 0.5) is 11.5 Å². The largest absolute Gasteiger partial charge is 0.459 e. The molecule has 182 valence electrons. The Bertz CT molecular complexity index is 984. The smallest absolute Gasteiger partial charge is 0.287 e. The Labute approximate surface area is 202 Å². The van der Waals surface area contributed by atoms with Crippen molar-refractivity contribution in [1.82, 2.24) is 10.3 Å². The number of nitrogens with one attached hydrogen (secondary N) is 2. The van der Waals surface area contributed by atoms with Crippen molar-refractivity contribution < 1.29 is 24.3 Å². The lowest BCUT2D eigenvalue weighted by Gasteiger charge is -2.29. The van der Waals surface area contributed by atoms with Crippen LogP contribution in [0.5, 0.6) is 0 Å². The van der Waals surface area contributed by atoms with Gasteiger partial charge in [-0.3, -0.25) is 14.9 Å². The van der Waals surface area contributed by atoms with Crippen molar-refractivity contribution in [1.29, 1.82) is 0 Å². The highest BCUT2D eigenvalue weighted by Crippen LogP contribution is 2.32. The van der Waals surface area contributed by atoms with Crippen LogP contribution in [0.1, 0.15) is 30.7 Å². The predicted octanol–water partition coefficient (Wildman–Crippen LogP) is 3.37. The summed E-state index contributed by atoms with van der Waals surface area (Å²) >= 11 is 6.00. The van der Waals surface area contributed by atoms with Crippen molar-refractivity contribution in [3.63, 3.8) is 0 Å². The molecule has 1 aliphatic heterocycles. The average Bonchev–Trinajstić information content (AvgIpc) is 2.85. The predicted molar refractivity (Wildman–Crippen MR) is 126 cm³/mol. The third-order valence-electron chi connectivity index (χ3n) is 5.11. The van der Waals surface area contributed by atoms with Crippen molar-refractivity contribution in [2.24, 2.45) is 0 Å². The quantitative estimate of drug-likeness (QED) is 0.234. The zero-order valence-electron chi connectivity index (χ0n) is 18.5. The van der Waals surface area contributed by atoms with Crippen molar-refractivity contribution in [2.45, 2.75) is 31.5 Å². The van der Waals surface area contributed by atoms with Crippen LogP contribution in [0.2, 0.25) is 5.02 Å². The third kappa shape index (κ3) is 7.68. The van der Waals surface area contributed by atoms with Gasteiger partial charge in [0, 0.05) is 43.1 Å². The Morgan fingerprint density at radius 2 is 2.03 bits per heavy atom. The van der Waals surface area contributed by atoms with Crippen LogP contribution >= 0.6 is 11.6 Å². The van der Waals surface area contributed by atoms with Gasteiger partial charge in [-0.15, -0.1) is 0 Å². The molecule has 3 rings (SSSR count). The number of pyridine rings is 1. The van der Waals surface area contributed by atoms with E-state index >= 15 is 0 Å². The standard InChI is InChI=1S/C23H27ClN4O6/c24-18-5-3-16(4-6-18)17-13-20(34-22(14-17)33-12-2-1-11-29)23(30)26-10-9-25-21-8-7-19(15-27-21)28(31)32/h3-8,13,15,17,22,29H,1-2,9-12,14H2,(H,25,27)(H,26,30)/t17-,22+/m0/s1. The number of carbonyl (C=O) groups excluding carboxylic acids is 1. The molecule has 0 saturated carbocycles. The zero-order valence-corrected chi connectivity index (χ0v) is 19.2. The van der Waals surface area contributed by atoms with Gasteiger partial charge in [0.2, 0.25) is 6.29 Å². The number of aromatic nitrogens is 1. The van der Waals surface area contributed by atoms with Gasteiger partial charge in [0.25, 0.3) is 11.6 Å². The molecule has 0 unspecified atom stereocenters. The monoisotopic (exact) mass is 490 g/mol. The topological polar surface area (TPSA) is 136 Å². The molecule has 11 heteroatoms. The molecule has 0 saturated heterocycles. The summed E-state index contributed by atoms with van der Waals surface area (Å²) in [5.74, 6) is 0.178. The van der Waals surface area contributed by atoms with Gasteiger partial charge in [0.15, 0.2) is 5.76 Å². The lowest BCUT2D eigenvalue weighted by Crippen LogP contribution is -2.35. The summed E-state index contributed by atoms with van der Waals surface area (Å²) < 4.78 is 11.6. The van der Waals surface area contributed by atoms with Crippen molar-refractivity contribution in [2.75, 3.05) is 31.6 Å². The van der Waals surface area contributed by atoms with E-state index in [1.165, 1.54) is 18.3 Å². The van der Waals surface area contributed by atoms with Crippen LogP contribution in [-0.2, 0) is 14.3 Å². The first-order chi connectivity index (χ1) is 16.5. The highest BCUT2D eigenvalue weighted by atomic mass is 35.5. The summed E-state index contributed by atoms with van der Waals surface area (Å²) in [5.41, 5.74) is 0.900. The molecule has 2 heterocycles. The van der Waals surface area contributed by atoms with E-state index in [1.54, 1.807) is 18.2 Å². The van der Waals surface area contributed by atoms with E-state index in [1.807, 2.05) is 12.1 Å². The molecule has 1 aromatic heterocycles. The van der Waals surface area contributed by atoms with Crippen molar-refractivity contribution in [3.8, 4) is 0 Å². The number of aliphatic hydroxyl groups excluding tert-OH is 1. The first-order valence-electron chi connectivity index (χ1n) is 10.9. The molecule has 0 bridgehead atoms. The van der Waals surface area contributed by atoms with Gasteiger partial charge < -0.3 is 25.2 Å². The maximum Gasteiger partial charge on any atom is 0.287 e. The number of rotatable bonds is 12. The second-order valence-corrected chi connectivity index (χ2v) is 8.05. The number of hydrogen-bond donors (Lipinski definition) is 3. The number of hydrogen-bond acceptors (Lipinski definition) is 8. The molecule has 0 fully saturated rings. The van der Waals surface area contributed by atoms with Gasteiger partial charge in [0.1, 0.15) is 12.0 Å². The van der Waals surface area contributed by atoms with Crippen molar-refractivity contribution >= 4 is 29.0 Å². The molecule has 10 nitrogen and oxygen atoms in total. The molecule has 34 heavy (non-hydrogen) atoms. The summed E-state index contributed by atoms with van der Waals surface area (Å²) in [6.45, 7) is 1.16. The third-order valence-corrected chi connectivity index (χ3v) is 5.36. The number of nitro groups is 1. The Balaban J connectivity index is 1.56. The molecular formula is C23H27ClN4O6. The fourth-order valence-electron chi connectivity index (χ4n) is 3.34. The average molecular weight is 491 g/mol. The Morgan fingerprint density at radius 1 is 1.24 bits per heavy atom. The molecule has 2 aromatic rings. The van der Waals surface area contributed by atoms with Crippen LogP contribution in [0.15, 0.2) is 54.4 Å². The van der Waals surface area contributed by atoms with Gasteiger partial charge >= 0.3 is 0 Å². The number of allylic oxidation sites excluding steroid dienone is 1. The fraction of sp³-hybridized carbons (Fsp3) is 0.391. The van der Waals surface area contributed by atoms with Crippen LogP contribution in [0.3, 0.4) is 0 Å². The second-order valence-electron chi connectivity index (χ2n) is 7.62. The van der Waals surface area contributed by atoms with Crippen LogP contribution in [0.25, 0.3) is 0 Å². The van der Waals surface area contributed by atoms with E-state index < -0.39 is 11.2 Å². The maximum absolute atomic E-state index is 12.7. The lowest BCUT2D eigenvalue weighted by molar-refractivity contribution is -0.385. The molecule has 0 aliphatic carbocycles. The van der Waals surface area contributed by atoms with Gasteiger partial charge in [-0.25, -0.2) is 4.98 Å². The lowest BCUT2D eigenvalue weighted by atomic mass is 9.93. The first kappa shape index (κ1) is 25.4. The number of nitrogens with zero attached hydrogens (tertiary/aromatic N) is 2. The van der Waals surface area contributed by atoms with E-state index in [-0.39, 0.29) is 36.4 Å². The molecule has 1 aliphatic rings. The SMILES string of the molecule is O=C(NCCNc1ccc([N+](=O)[O-])cn1)C1=C[C@H](c2ccc(Cl)cc2)C[C@H](OCCCCO)O1. The summed E-state index contributed by atoms with van der Waals surface area (Å²) in [5, 5.41) is 26.0. The fourth-order valence-corrected chi connectivity index (χ4v) is 3.47. The van der Waals surface area contributed by atoms with Crippen molar-refractivity contribution in [3.05, 3.63) is 75.1 Å². The van der Waals surface area contributed by atoms with E-state index in [0.717, 1.165) is 5.56 Å². The molecular weight excluding hydrogens is 464 g/mol. The maximum atomic E-state index is 12.7. The molecule has 2 atom stereocenters. The highest BCUT2D eigenvalue weighted by molar-refractivity contribution is 6.30. The molecule has 0 radical (unpaired) electrons. The van der Waals surface area contributed by atoms with E-state index in [2.05, 4.69) is 15.6 Å². The molecule has 0 spiro atoms. The number of amides is 1. The van der Waals surface area contributed by atoms with Gasteiger partial charge in [-0.1, -0.05) is 23.7 Å². The minimum Gasteiger partial charge on any atom is -0.459 e. The molecule has 1 aromatic carbocycles. The number of ether oxygens (including phenoxy) is 2. The molecule has 3 N–H and O–H groups in total. The number of halogens is 1. The number of unbranched alkanes of at least 4 members (excludes halogenated alkanes) is 1. The van der Waals surface area contributed by atoms with Gasteiger partial charge in [-0.2, -0.15) is 0 Å². The molecule has 1 amide bonds. The Morgan fingerprint density at radius 3 is 2.71 bits per heavy atom. The summed E-state index contributed by atoms with van der Waals surface area (Å²) in [7, 11) is 0. The van der Waals surface area contributed by atoms with Crippen LogP contribution < -0.4 is 10.6 Å². The normalized spacial score (nSPS) is 17.4. The second kappa shape index (κ2) is 12.9. The number of anilines is 1. The summed E-state index contributed by atoms with van der Waals surface area (Å²) in [6, 6.07) is 10.3. The van der Waals surface area contributed by atoms with E-state index in [9.17, 15) is 14.9 Å². The number of benzene rings is 1. The number of aliphatic hydroxyl groups is 1. The number of carbonyl (C=O) groups is 1. The van der Waals surface area contributed by atoms with Crippen LogP contribution in [-0.4, -0.2) is 53.5 Å². The minimum atomic E-state index is -0.590. The minimum absolute atomic E-state index is 0.0861. The first-order valence-corrected chi connectivity index (χ1v) is 11.3.